The largest absolute Gasteiger partial charge is 0.489 e. The van der Waals surface area contributed by atoms with Crippen molar-refractivity contribution < 1.29 is 23.4 Å². The molecular formula is C32H40O6. The highest BCUT2D eigenvalue weighted by Gasteiger charge is 2.23. The number of benzene rings is 2. The Morgan fingerprint density at radius 2 is 1.53 bits per heavy atom. The van der Waals surface area contributed by atoms with E-state index in [2.05, 4.69) is 26.0 Å². The zero-order valence-electron chi connectivity index (χ0n) is 22.7. The van der Waals surface area contributed by atoms with E-state index in [-0.39, 0.29) is 17.1 Å². The molecule has 0 saturated heterocycles. The number of unbranched alkanes of at least 4 members (excludes halogenated alkanes) is 7. The monoisotopic (exact) mass is 520 g/mol. The van der Waals surface area contributed by atoms with E-state index in [1.54, 1.807) is 42.5 Å². The van der Waals surface area contributed by atoms with Crippen molar-refractivity contribution in [2.75, 3.05) is 13.2 Å². The Labute approximate surface area is 225 Å². The predicted molar refractivity (Wildman–Crippen MR) is 152 cm³/mol. The fourth-order valence-corrected chi connectivity index (χ4v) is 4.16. The molecule has 204 valence electrons. The third-order valence-corrected chi connectivity index (χ3v) is 6.20. The summed E-state index contributed by atoms with van der Waals surface area (Å²) in [4.78, 5) is 25.8. The van der Waals surface area contributed by atoms with Crippen molar-refractivity contribution in [3.05, 3.63) is 76.7 Å². The minimum Gasteiger partial charge on any atom is -0.489 e. The number of hydrogen-bond acceptors (Lipinski definition) is 6. The molecule has 0 aliphatic heterocycles. The molecule has 0 aliphatic rings. The van der Waals surface area contributed by atoms with Gasteiger partial charge in [0.15, 0.2) is 17.1 Å². The molecule has 0 bridgehead atoms. The van der Waals surface area contributed by atoms with Crippen LogP contribution in [0.15, 0.2) is 69.9 Å². The van der Waals surface area contributed by atoms with Gasteiger partial charge in [0.05, 0.1) is 24.2 Å². The average Bonchev–Trinajstić information content (AvgIpc) is 2.94. The van der Waals surface area contributed by atoms with E-state index in [0.29, 0.717) is 29.9 Å². The highest BCUT2D eigenvalue weighted by Crippen LogP contribution is 2.37. The lowest BCUT2D eigenvalue weighted by molar-refractivity contribution is 0.0721. The highest BCUT2D eigenvalue weighted by atomic mass is 16.6. The summed E-state index contributed by atoms with van der Waals surface area (Å²) in [5, 5.41) is 0.529. The minimum absolute atomic E-state index is 0.208. The smallest absolute Gasteiger partial charge is 0.383 e. The van der Waals surface area contributed by atoms with Gasteiger partial charge in [-0.2, -0.15) is 0 Å². The van der Waals surface area contributed by atoms with E-state index in [1.165, 1.54) is 32.1 Å². The number of ether oxygens (including phenoxy) is 3. The molecule has 0 saturated carbocycles. The van der Waals surface area contributed by atoms with E-state index in [9.17, 15) is 9.59 Å². The van der Waals surface area contributed by atoms with Crippen LogP contribution in [-0.2, 0) is 0 Å². The second kappa shape index (κ2) is 16.3. The van der Waals surface area contributed by atoms with Gasteiger partial charge in [-0.3, -0.25) is 0 Å². The van der Waals surface area contributed by atoms with E-state index in [4.69, 9.17) is 18.6 Å². The highest BCUT2D eigenvalue weighted by molar-refractivity contribution is 5.94. The van der Waals surface area contributed by atoms with Gasteiger partial charge >= 0.3 is 11.6 Å². The maximum Gasteiger partial charge on any atom is 0.383 e. The zero-order valence-corrected chi connectivity index (χ0v) is 22.7. The number of carbonyl (C=O) groups excluding carboxylic acids is 1. The Hall–Kier alpha value is -3.54. The van der Waals surface area contributed by atoms with Gasteiger partial charge in [-0.15, -0.1) is 0 Å². The van der Waals surface area contributed by atoms with E-state index in [1.807, 2.05) is 6.07 Å². The quantitative estimate of drug-likeness (QED) is 0.0772. The van der Waals surface area contributed by atoms with Crippen LogP contribution >= 0.6 is 0 Å². The van der Waals surface area contributed by atoms with Crippen LogP contribution in [0.5, 0.6) is 17.2 Å². The van der Waals surface area contributed by atoms with Gasteiger partial charge in [-0.05, 0) is 43.5 Å². The van der Waals surface area contributed by atoms with Crippen LogP contribution in [0.2, 0.25) is 0 Å². The van der Waals surface area contributed by atoms with Crippen LogP contribution < -0.4 is 19.8 Å². The van der Waals surface area contributed by atoms with Gasteiger partial charge in [0, 0.05) is 0 Å². The van der Waals surface area contributed by atoms with Crippen LogP contribution in [0, 0.1) is 0 Å². The molecule has 0 aliphatic carbocycles. The SMILES string of the molecule is CCC=CCCOc1cccc2c(OCCCCCCCCCC)c(OC(=O)c3ccccc3)c(=O)oc12. The first-order valence-electron chi connectivity index (χ1n) is 13.9. The van der Waals surface area contributed by atoms with Crippen molar-refractivity contribution >= 4 is 16.9 Å². The molecule has 1 heterocycles. The number of fused-ring (bicyclic) bond motifs is 1. The molecule has 0 N–H and O–H groups in total. The second-order valence-corrected chi connectivity index (χ2v) is 9.28. The van der Waals surface area contributed by atoms with Crippen LogP contribution in [0.3, 0.4) is 0 Å². The van der Waals surface area contributed by atoms with Crippen LogP contribution in [0.4, 0.5) is 0 Å². The number of hydrogen-bond donors (Lipinski definition) is 0. The summed E-state index contributed by atoms with van der Waals surface area (Å²) in [6.07, 6.45) is 15.1. The maximum absolute atomic E-state index is 13.1. The molecule has 38 heavy (non-hydrogen) atoms. The lowest BCUT2D eigenvalue weighted by Gasteiger charge is -2.15. The van der Waals surface area contributed by atoms with Crippen molar-refractivity contribution in [1.29, 1.82) is 0 Å². The third kappa shape index (κ3) is 8.79. The normalized spacial score (nSPS) is 11.2. The van der Waals surface area contributed by atoms with Gasteiger partial charge < -0.3 is 18.6 Å². The number of esters is 1. The molecule has 6 heteroatoms. The molecule has 1 aromatic heterocycles. The zero-order chi connectivity index (χ0) is 27.0. The molecule has 0 spiro atoms. The molecule has 0 atom stereocenters. The Bertz CT molecular complexity index is 1210. The summed E-state index contributed by atoms with van der Waals surface area (Å²) in [6, 6.07) is 13.9. The Morgan fingerprint density at radius 1 is 0.789 bits per heavy atom. The van der Waals surface area contributed by atoms with E-state index in [0.717, 1.165) is 32.1 Å². The summed E-state index contributed by atoms with van der Waals surface area (Å²) in [5.74, 6) is -0.236. The Morgan fingerprint density at radius 3 is 2.26 bits per heavy atom. The predicted octanol–water partition coefficient (Wildman–Crippen LogP) is 8.27. The average molecular weight is 521 g/mol. The molecule has 0 unspecified atom stereocenters. The molecule has 6 nitrogen and oxygen atoms in total. The molecule has 0 fully saturated rings. The lowest BCUT2D eigenvalue weighted by atomic mass is 10.1. The first-order chi connectivity index (χ1) is 18.7. The first-order valence-corrected chi connectivity index (χ1v) is 13.9. The topological polar surface area (TPSA) is 75.0 Å². The van der Waals surface area contributed by atoms with Gasteiger partial charge in [-0.1, -0.05) is 95.2 Å². The first kappa shape index (κ1) is 29.0. The number of para-hydroxylation sites is 1. The minimum atomic E-state index is -0.783. The van der Waals surface area contributed by atoms with Gasteiger partial charge in [0.25, 0.3) is 5.75 Å². The molecule has 3 rings (SSSR count). The second-order valence-electron chi connectivity index (χ2n) is 9.28. The van der Waals surface area contributed by atoms with Gasteiger partial charge in [0.2, 0.25) is 0 Å². The van der Waals surface area contributed by atoms with E-state index >= 15 is 0 Å². The molecule has 0 amide bonds. The summed E-state index contributed by atoms with van der Waals surface area (Å²) in [7, 11) is 0. The van der Waals surface area contributed by atoms with E-state index < -0.39 is 11.6 Å². The number of rotatable bonds is 17. The lowest BCUT2D eigenvalue weighted by Crippen LogP contribution is -2.16. The maximum atomic E-state index is 13.1. The van der Waals surface area contributed by atoms with Crippen LogP contribution in [0.1, 0.15) is 88.4 Å². The Balaban J connectivity index is 1.80. The van der Waals surface area contributed by atoms with Crippen LogP contribution in [0.25, 0.3) is 11.0 Å². The van der Waals surface area contributed by atoms with Gasteiger partial charge in [0.1, 0.15) is 0 Å². The molecule has 0 radical (unpaired) electrons. The summed E-state index contributed by atoms with van der Waals surface area (Å²) >= 11 is 0. The standard InChI is InChI=1S/C32H40O6/c1-3-5-7-9-10-11-12-17-24-36-29-26-21-18-22-27(35-23-16-8-6-4-2)28(26)37-32(34)30(29)38-31(33)25-19-14-13-15-20-25/h6,8,13-15,18-22H,3-5,7,9-12,16-17,23-24H2,1-2H3. The van der Waals surface area contributed by atoms with Gasteiger partial charge in [-0.25, -0.2) is 9.59 Å². The van der Waals surface area contributed by atoms with Crippen molar-refractivity contribution in [3.63, 3.8) is 0 Å². The van der Waals surface area contributed by atoms with Crippen molar-refractivity contribution in [2.24, 2.45) is 0 Å². The molecular weight excluding hydrogens is 480 g/mol. The summed E-state index contributed by atoms with van der Waals surface area (Å²) in [6.45, 7) is 5.14. The number of carbonyl (C=O) groups is 1. The molecule has 2 aromatic carbocycles. The fraction of sp³-hybridized carbons (Fsp3) is 0.438. The summed E-state index contributed by atoms with van der Waals surface area (Å²) < 4.78 is 23.2. The van der Waals surface area contributed by atoms with Crippen molar-refractivity contribution in [1.82, 2.24) is 0 Å². The van der Waals surface area contributed by atoms with Crippen LogP contribution in [-0.4, -0.2) is 19.2 Å². The molecule has 3 aromatic rings. The third-order valence-electron chi connectivity index (χ3n) is 6.20. The summed E-state index contributed by atoms with van der Waals surface area (Å²) in [5.41, 5.74) is -0.171. The number of allylic oxidation sites excluding steroid dienone is 1. The Kier molecular flexibility index (Phi) is 12.5. The fourth-order valence-electron chi connectivity index (χ4n) is 4.16. The van der Waals surface area contributed by atoms with Crippen molar-refractivity contribution in [3.8, 4) is 17.2 Å². The van der Waals surface area contributed by atoms with Crippen molar-refractivity contribution in [2.45, 2.75) is 78.1 Å².